The molecule has 1 aliphatic heterocycles. The number of hydrogen-bond acceptors (Lipinski definition) is 0. The molecule has 3 heterocycles. The van der Waals surface area contributed by atoms with Crippen LogP contribution in [0.5, 0.6) is 0 Å². The number of benzene rings is 1. The maximum Gasteiger partial charge on any atom is 0.213 e. The Bertz CT molecular complexity index is 1330. The van der Waals surface area contributed by atoms with E-state index in [1.165, 1.54) is 78.7 Å². The first kappa shape index (κ1) is 27.6. The third-order valence-electron chi connectivity index (χ3n) is 9.52. The second-order valence-corrected chi connectivity index (χ2v) is 11.8. The molecule has 0 saturated heterocycles. The zero-order valence-electron chi connectivity index (χ0n) is 24.7. The Morgan fingerprint density at radius 1 is 1.03 bits per heavy atom. The van der Waals surface area contributed by atoms with Gasteiger partial charge in [-0.25, -0.2) is 0 Å². The van der Waals surface area contributed by atoms with Gasteiger partial charge in [0.2, 0.25) is 5.69 Å². The summed E-state index contributed by atoms with van der Waals surface area (Å²) in [5.41, 5.74) is 9.70. The summed E-state index contributed by atoms with van der Waals surface area (Å²) < 4.78 is 5.06. The molecule has 0 N–H and O–H groups in total. The zero-order valence-corrected chi connectivity index (χ0v) is 24.7. The van der Waals surface area contributed by atoms with Gasteiger partial charge in [-0.2, -0.15) is 9.13 Å². The summed E-state index contributed by atoms with van der Waals surface area (Å²) >= 11 is 0. The summed E-state index contributed by atoms with van der Waals surface area (Å²) in [6, 6.07) is 18.5. The van der Waals surface area contributed by atoms with Crippen molar-refractivity contribution in [3.63, 3.8) is 0 Å². The second-order valence-electron chi connectivity index (χ2n) is 11.8. The maximum atomic E-state index is 4.91. The van der Waals surface area contributed by atoms with E-state index in [1.807, 2.05) is 0 Å². The third kappa shape index (κ3) is 5.53. The molecule has 3 aromatic rings. The van der Waals surface area contributed by atoms with E-state index in [0.717, 1.165) is 12.8 Å². The highest BCUT2D eigenvalue weighted by molar-refractivity contribution is 5.67. The van der Waals surface area contributed by atoms with Crippen LogP contribution in [0.15, 0.2) is 79.7 Å². The molecule has 2 aromatic heterocycles. The summed E-state index contributed by atoms with van der Waals surface area (Å²) in [7, 11) is 0. The lowest BCUT2D eigenvalue weighted by Gasteiger charge is -2.30. The first-order valence-electron chi connectivity index (χ1n) is 15.5. The van der Waals surface area contributed by atoms with E-state index in [4.69, 9.17) is 6.58 Å². The van der Waals surface area contributed by atoms with Crippen LogP contribution in [0.3, 0.4) is 0 Å². The van der Waals surface area contributed by atoms with Crippen molar-refractivity contribution < 1.29 is 9.13 Å². The molecule has 204 valence electrons. The average molecular weight is 521 g/mol. The first-order valence-corrected chi connectivity index (χ1v) is 15.5. The minimum absolute atomic E-state index is 0.224. The van der Waals surface area contributed by atoms with Gasteiger partial charge in [0.25, 0.3) is 0 Å². The lowest BCUT2D eigenvalue weighted by atomic mass is 9.78. The van der Waals surface area contributed by atoms with E-state index in [-0.39, 0.29) is 5.92 Å². The molecule has 2 heteroatoms. The molecule has 0 spiro atoms. The number of pyridine rings is 2. The number of hydrogen-bond donors (Lipinski definition) is 0. The van der Waals surface area contributed by atoms with Gasteiger partial charge in [0, 0.05) is 36.6 Å². The number of aromatic nitrogens is 2. The van der Waals surface area contributed by atoms with Crippen molar-refractivity contribution >= 4 is 5.70 Å². The van der Waals surface area contributed by atoms with Crippen LogP contribution in [0.4, 0.5) is 0 Å². The van der Waals surface area contributed by atoms with E-state index < -0.39 is 0 Å². The standard InChI is InChI=1S/C37H48N2/c1-6-16-29(7-2)22-23-36-37(33-20-13-12-19-32(33)35-21-14-15-24-38(35)36)28(5)39-26-34(27(4)25-31(39)8-3)30-17-10-9-11-18-30/h6,12-16,19-21,24-26,29-30,36-37H,5,7-11,17-18,22-23H2,1-4H3/q+2/b16-6-. The van der Waals surface area contributed by atoms with Crippen LogP contribution >= 0.6 is 0 Å². The van der Waals surface area contributed by atoms with E-state index in [0.29, 0.717) is 17.9 Å². The Hall–Kier alpha value is -3.00. The molecule has 0 amide bonds. The van der Waals surface area contributed by atoms with Crippen molar-refractivity contribution in [3.05, 3.63) is 102 Å². The third-order valence-corrected chi connectivity index (χ3v) is 9.52. The molecule has 0 bridgehead atoms. The molecule has 2 nitrogen and oxygen atoms in total. The highest BCUT2D eigenvalue weighted by atomic mass is 15.1. The fraction of sp³-hybridized carbons (Fsp3) is 0.459. The smallest absolute Gasteiger partial charge is 0.194 e. The Kier molecular flexibility index (Phi) is 8.80. The lowest BCUT2D eigenvalue weighted by Crippen LogP contribution is -2.51. The lowest BCUT2D eigenvalue weighted by molar-refractivity contribution is -0.721. The van der Waals surface area contributed by atoms with E-state index >= 15 is 0 Å². The number of nitrogens with zero attached hydrogens (tertiary/aromatic N) is 2. The highest BCUT2D eigenvalue weighted by Gasteiger charge is 2.45. The molecule has 1 aliphatic carbocycles. The van der Waals surface area contributed by atoms with Crippen LogP contribution in [-0.4, -0.2) is 0 Å². The molecule has 1 aromatic carbocycles. The predicted octanol–water partition coefficient (Wildman–Crippen LogP) is 9.04. The van der Waals surface area contributed by atoms with E-state index in [2.05, 4.69) is 110 Å². The topological polar surface area (TPSA) is 7.76 Å². The monoisotopic (exact) mass is 520 g/mol. The fourth-order valence-electron chi connectivity index (χ4n) is 7.40. The Morgan fingerprint density at radius 2 is 1.79 bits per heavy atom. The van der Waals surface area contributed by atoms with Gasteiger partial charge in [-0.15, -0.1) is 0 Å². The molecule has 5 rings (SSSR count). The van der Waals surface area contributed by atoms with Gasteiger partial charge >= 0.3 is 0 Å². The quantitative estimate of drug-likeness (QED) is 0.196. The summed E-state index contributed by atoms with van der Waals surface area (Å²) in [4.78, 5) is 0. The van der Waals surface area contributed by atoms with Gasteiger partial charge in [0.15, 0.2) is 29.8 Å². The molecule has 3 atom stereocenters. The van der Waals surface area contributed by atoms with Crippen LogP contribution in [0.2, 0.25) is 0 Å². The van der Waals surface area contributed by atoms with Crippen molar-refractivity contribution in [2.45, 2.75) is 103 Å². The van der Waals surface area contributed by atoms with Gasteiger partial charge in [-0.1, -0.05) is 63.5 Å². The summed E-state index contributed by atoms with van der Waals surface area (Å²) in [5, 5.41) is 0. The largest absolute Gasteiger partial charge is 0.213 e. The molecule has 1 saturated carbocycles. The Morgan fingerprint density at radius 3 is 2.54 bits per heavy atom. The van der Waals surface area contributed by atoms with Crippen LogP contribution in [-0.2, 0) is 6.42 Å². The number of rotatable bonds is 9. The molecule has 2 aliphatic rings. The molecular weight excluding hydrogens is 472 g/mol. The average Bonchev–Trinajstić information content (AvgIpc) is 2.98. The maximum absolute atomic E-state index is 4.91. The summed E-state index contributed by atoms with van der Waals surface area (Å²) in [6.45, 7) is 14.0. The number of fused-ring (bicyclic) bond motifs is 3. The van der Waals surface area contributed by atoms with Crippen LogP contribution in [0.25, 0.3) is 17.0 Å². The molecular formula is C37H48N2+2. The molecule has 3 unspecified atom stereocenters. The van der Waals surface area contributed by atoms with Gasteiger partial charge in [0.1, 0.15) is 5.92 Å². The molecule has 39 heavy (non-hydrogen) atoms. The van der Waals surface area contributed by atoms with Crippen molar-refractivity contribution in [1.82, 2.24) is 0 Å². The van der Waals surface area contributed by atoms with Crippen LogP contribution in [0.1, 0.15) is 112 Å². The highest BCUT2D eigenvalue weighted by Crippen LogP contribution is 2.44. The summed E-state index contributed by atoms with van der Waals surface area (Å²) in [6.07, 6.45) is 20.7. The first-order chi connectivity index (χ1) is 19.1. The van der Waals surface area contributed by atoms with E-state index in [9.17, 15) is 0 Å². The second kappa shape index (κ2) is 12.5. The predicted molar refractivity (Wildman–Crippen MR) is 164 cm³/mol. The van der Waals surface area contributed by atoms with Gasteiger partial charge in [-0.05, 0) is 81.2 Å². The van der Waals surface area contributed by atoms with Gasteiger partial charge in [-0.3, -0.25) is 0 Å². The van der Waals surface area contributed by atoms with Crippen molar-refractivity contribution in [1.29, 1.82) is 0 Å². The minimum atomic E-state index is 0.224. The van der Waals surface area contributed by atoms with E-state index in [1.54, 1.807) is 5.56 Å². The number of allylic oxidation sites excluding steroid dienone is 3. The van der Waals surface area contributed by atoms with Crippen molar-refractivity contribution in [2.75, 3.05) is 0 Å². The van der Waals surface area contributed by atoms with Gasteiger partial charge < -0.3 is 0 Å². The normalized spacial score (nSPS) is 20.0. The van der Waals surface area contributed by atoms with Gasteiger partial charge in [0.05, 0.1) is 5.56 Å². The van der Waals surface area contributed by atoms with Crippen LogP contribution < -0.4 is 9.13 Å². The number of aryl methyl sites for hydroxylation is 2. The minimum Gasteiger partial charge on any atom is -0.194 e. The summed E-state index contributed by atoms with van der Waals surface area (Å²) in [5.74, 6) is 1.52. The molecule has 0 radical (unpaired) electrons. The van der Waals surface area contributed by atoms with Crippen molar-refractivity contribution in [3.8, 4) is 11.3 Å². The Labute approximate surface area is 237 Å². The van der Waals surface area contributed by atoms with Crippen molar-refractivity contribution in [2.24, 2.45) is 5.92 Å². The zero-order chi connectivity index (χ0) is 27.4. The SMILES string of the molecule is C=C(C1c2ccccc2-c2cccc[n+]2C1CCC(/C=C\C)CC)[n+]1cc(C2CCCCC2)c(C)cc1CC. The molecule has 1 fully saturated rings. The van der Waals surface area contributed by atoms with Crippen LogP contribution in [0, 0.1) is 12.8 Å². The Balaban J connectivity index is 1.62. The fourth-order valence-corrected chi connectivity index (χ4v) is 7.40.